The predicted octanol–water partition coefficient (Wildman–Crippen LogP) is 1.96. The molecule has 0 fully saturated rings. The second kappa shape index (κ2) is 6.67. The van der Waals surface area contributed by atoms with Crippen molar-refractivity contribution in [1.29, 1.82) is 0 Å². The van der Waals surface area contributed by atoms with Gasteiger partial charge >= 0.3 is 5.97 Å². The molecule has 0 saturated heterocycles. The van der Waals surface area contributed by atoms with Crippen LogP contribution in [0.25, 0.3) is 0 Å². The summed E-state index contributed by atoms with van der Waals surface area (Å²) in [4.78, 5) is 16.4. The molecule has 0 amide bonds. The van der Waals surface area contributed by atoms with Crippen LogP contribution in [0.3, 0.4) is 0 Å². The fourth-order valence-electron chi connectivity index (χ4n) is 1.73. The zero-order chi connectivity index (χ0) is 15.4. The van der Waals surface area contributed by atoms with E-state index in [9.17, 15) is 4.79 Å². The van der Waals surface area contributed by atoms with Crippen LogP contribution in [0.2, 0.25) is 0 Å². The number of rotatable bonds is 6. The average molecular weight is 333 g/mol. The molecule has 1 N–H and O–H groups in total. The van der Waals surface area contributed by atoms with Gasteiger partial charge in [-0.05, 0) is 22.5 Å². The summed E-state index contributed by atoms with van der Waals surface area (Å²) >= 11 is 2.65. The molecule has 0 atom stereocenters. The van der Waals surface area contributed by atoms with Gasteiger partial charge in [0.2, 0.25) is 5.16 Å². The van der Waals surface area contributed by atoms with E-state index in [1.807, 2.05) is 30.3 Å². The van der Waals surface area contributed by atoms with Gasteiger partial charge in [0, 0.05) is 5.38 Å². The van der Waals surface area contributed by atoms with Gasteiger partial charge in [0.25, 0.3) is 0 Å². The maximum atomic E-state index is 10.6. The number of hydrogen-bond donors (Lipinski definition) is 1. The number of carboxylic acid groups (broad SMARTS) is 1. The van der Waals surface area contributed by atoms with Gasteiger partial charge in [0.15, 0.2) is 4.34 Å². The Bertz CT molecular complexity index is 772. The van der Waals surface area contributed by atoms with E-state index in [1.165, 1.54) is 27.9 Å². The summed E-state index contributed by atoms with van der Waals surface area (Å²) in [5.74, 6) is -0.895. The molecule has 2 heterocycles. The second-order valence-corrected chi connectivity index (χ2v) is 6.44. The minimum absolute atomic E-state index is 0.0782. The average Bonchev–Trinajstić information content (AvgIpc) is 3.10. The summed E-state index contributed by atoms with van der Waals surface area (Å²) in [6.07, 6.45) is -0.0782. The molecular weight excluding hydrogens is 322 g/mol. The number of hydrogen-bond acceptors (Lipinski definition) is 7. The van der Waals surface area contributed by atoms with Crippen molar-refractivity contribution in [3.05, 3.63) is 47.0 Å². The van der Waals surface area contributed by atoms with Crippen LogP contribution >= 0.6 is 23.1 Å². The summed E-state index contributed by atoms with van der Waals surface area (Å²) in [5, 5.41) is 23.2. The Labute approximate surface area is 134 Å². The lowest BCUT2D eigenvalue weighted by atomic mass is 10.2. The van der Waals surface area contributed by atoms with E-state index in [2.05, 4.69) is 20.4 Å². The van der Waals surface area contributed by atoms with Crippen LogP contribution < -0.4 is 0 Å². The first kappa shape index (κ1) is 14.7. The van der Waals surface area contributed by atoms with Crippen LogP contribution in [0.15, 0.2) is 45.2 Å². The first-order chi connectivity index (χ1) is 10.7. The summed E-state index contributed by atoms with van der Waals surface area (Å²) in [7, 11) is 0. The number of thiazole rings is 1. The number of carbonyl (C=O) groups is 1. The Morgan fingerprint density at radius 2 is 2.14 bits per heavy atom. The van der Waals surface area contributed by atoms with Gasteiger partial charge in [-0.25, -0.2) is 4.98 Å². The van der Waals surface area contributed by atoms with Gasteiger partial charge in [0.1, 0.15) is 0 Å². The van der Waals surface area contributed by atoms with E-state index < -0.39 is 5.97 Å². The van der Waals surface area contributed by atoms with Gasteiger partial charge in [-0.1, -0.05) is 30.3 Å². The summed E-state index contributed by atoms with van der Waals surface area (Å²) in [6, 6.07) is 9.87. The molecule has 0 aliphatic rings. The lowest BCUT2D eigenvalue weighted by Crippen LogP contribution is -2.03. The highest BCUT2D eigenvalue weighted by molar-refractivity contribution is 8.00. The highest BCUT2D eigenvalue weighted by Crippen LogP contribution is 2.27. The highest BCUT2D eigenvalue weighted by atomic mass is 32.2. The van der Waals surface area contributed by atoms with E-state index >= 15 is 0 Å². The van der Waals surface area contributed by atoms with Crippen LogP contribution in [0.4, 0.5) is 0 Å². The highest BCUT2D eigenvalue weighted by Gasteiger charge is 2.11. The lowest BCUT2D eigenvalue weighted by Gasteiger charge is -1.97. The molecule has 0 saturated carbocycles. The van der Waals surface area contributed by atoms with Gasteiger partial charge in [-0.15, -0.1) is 21.5 Å². The molecule has 7 nitrogen and oxygen atoms in total. The molecule has 0 spiro atoms. The Morgan fingerprint density at radius 1 is 1.32 bits per heavy atom. The number of tetrazole rings is 1. The number of benzene rings is 1. The standard InChI is InChI=1S/C13H11N5O2S2/c19-11(20)6-10-8-21-13(14-10)22-12-15-17-18(16-12)7-9-4-2-1-3-5-9/h1-5,8H,6-7H2,(H,19,20). The first-order valence-corrected chi connectivity index (χ1v) is 8.04. The SMILES string of the molecule is O=C(O)Cc1csc(Sc2nnn(Cc3ccccc3)n2)n1. The minimum Gasteiger partial charge on any atom is -0.481 e. The van der Waals surface area contributed by atoms with E-state index in [1.54, 1.807) is 5.38 Å². The fourth-order valence-corrected chi connectivity index (χ4v) is 3.37. The molecule has 0 aliphatic carbocycles. The third-order valence-electron chi connectivity index (χ3n) is 2.64. The number of aromatic nitrogens is 5. The van der Waals surface area contributed by atoms with Crippen molar-refractivity contribution in [2.24, 2.45) is 0 Å². The van der Waals surface area contributed by atoms with Crippen molar-refractivity contribution in [3.63, 3.8) is 0 Å². The van der Waals surface area contributed by atoms with Crippen LogP contribution in [0, 0.1) is 0 Å². The number of aliphatic carboxylic acids is 1. The third kappa shape index (κ3) is 3.89. The fraction of sp³-hybridized carbons (Fsp3) is 0.154. The lowest BCUT2D eigenvalue weighted by molar-refractivity contribution is -0.136. The van der Waals surface area contributed by atoms with Crippen molar-refractivity contribution >= 4 is 29.1 Å². The van der Waals surface area contributed by atoms with Gasteiger partial charge in [-0.2, -0.15) is 4.80 Å². The van der Waals surface area contributed by atoms with E-state index in [-0.39, 0.29) is 6.42 Å². The molecule has 1 aromatic carbocycles. The summed E-state index contributed by atoms with van der Waals surface area (Å²) in [6.45, 7) is 0.552. The molecule has 0 aliphatic heterocycles. The van der Waals surface area contributed by atoms with Crippen molar-refractivity contribution in [2.75, 3.05) is 0 Å². The molecule has 3 aromatic rings. The quantitative estimate of drug-likeness (QED) is 0.737. The number of carboxylic acids is 1. The Balaban J connectivity index is 1.64. The van der Waals surface area contributed by atoms with Gasteiger partial charge in [-0.3, -0.25) is 4.79 Å². The predicted molar refractivity (Wildman–Crippen MR) is 80.9 cm³/mol. The Hall–Kier alpha value is -2.26. The van der Waals surface area contributed by atoms with Gasteiger partial charge in [0.05, 0.1) is 18.7 Å². The molecule has 9 heteroatoms. The molecule has 0 bridgehead atoms. The molecule has 0 unspecified atom stereocenters. The first-order valence-electron chi connectivity index (χ1n) is 6.35. The van der Waals surface area contributed by atoms with Crippen LogP contribution in [-0.2, 0) is 17.8 Å². The Morgan fingerprint density at radius 3 is 2.91 bits per heavy atom. The molecular formula is C13H11N5O2S2. The van der Waals surface area contributed by atoms with Crippen LogP contribution in [-0.4, -0.2) is 36.3 Å². The van der Waals surface area contributed by atoms with Crippen molar-refractivity contribution in [3.8, 4) is 0 Å². The topological polar surface area (TPSA) is 93.8 Å². The maximum Gasteiger partial charge on any atom is 0.309 e. The van der Waals surface area contributed by atoms with Gasteiger partial charge < -0.3 is 5.11 Å². The third-order valence-corrected chi connectivity index (χ3v) is 4.48. The minimum atomic E-state index is -0.895. The summed E-state index contributed by atoms with van der Waals surface area (Å²) in [5.41, 5.74) is 1.63. The van der Waals surface area contributed by atoms with E-state index in [4.69, 9.17) is 5.11 Å². The van der Waals surface area contributed by atoms with Crippen molar-refractivity contribution in [1.82, 2.24) is 25.2 Å². The van der Waals surface area contributed by atoms with E-state index in [0.29, 0.717) is 21.7 Å². The molecule has 3 rings (SSSR count). The zero-order valence-electron chi connectivity index (χ0n) is 11.3. The Kier molecular flexibility index (Phi) is 4.45. The van der Waals surface area contributed by atoms with Crippen LogP contribution in [0.1, 0.15) is 11.3 Å². The van der Waals surface area contributed by atoms with Crippen molar-refractivity contribution < 1.29 is 9.90 Å². The molecule has 0 radical (unpaired) electrons. The number of nitrogens with zero attached hydrogens (tertiary/aromatic N) is 5. The van der Waals surface area contributed by atoms with Crippen molar-refractivity contribution in [2.45, 2.75) is 22.5 Å². The monoisotopic (exact) mass is 333 g/mol. The second-order valence-electron chi connectivity index (χ2n) is 4.37. The molecule has 112 valence electrons. The smallest absolute Gasteiger partial charge is 0.309 e. The normalized spacial score (nSPS) is 10.7. The van der Waals surface area contributed by atoms with Crippen LogP contribution in [0.5, 0.6) is 0 Å². The maximum absolute atomic E-state index is 10.6. The zero-order valence-corrected chi connectivity index (χ0v) is 12.9. The molecule has 2 aromatic heterocycles. The summed E-state index contributed by atoms with van der Waals surface area (Å²) < 4.78 is 0.704. The molecule has 22 heavy (non-hydrogen) atoms. The van der Waals surface area contributed by atoms with E-state index in [0.717, 1.165) is 5.56 Å². The largest absolute Gasteiger partial charge is 0.481 e.